The van der Waals surface area contributed by atoms with E-state index in [4.69, 9.17) is 5.73 Å². The van der Waals surface area contributed by atoms with Gasteiger partial charge >= 0.3 is 0 Å². The van der Waals surface area contributed by atoms with Crippen LogP contribution in [0.15, 0.2) is 6.07 Å². The van der Waals surface area contributed by atoms with E-state index >= 15 is 0 Å². The summed E-state index contributed by atoms with van der Waals surface area (Å²) in [4.78, 5) is 9.14. The number of aromatic nitrogens is 2. The molecule has 1 aliphatic rings. The van der Waals surface area contributed by atoms with Crippen LogP contribution in [-0.4, -0.2) is 9.97 Å². The maximum atomic E-state index is 5.66. The summed E-state index contributed by atoms with van der Waals surface area (Å²) in [5.74, 6) is 2.14. The highest BCUT2D eigenvalue weighted by Crippen LogP contribution is 2.38. The number of hydrogen-bond donors (Lipinski definition) is 1. The first-order valence-corrected chi connectivity index (χ1v) is 5.82. The van der Waals surface area contributed by atoms with Crippen LogP contribution in [0.2, 0.25) is 0 Å². The summed E-state index contributed by atoms with van der Waals surface area (Å²) in [5, 5.41) is 0. The Bertz CT molecular complexity index is 345. The molecule has 0 bridgehead atoms. The first-order chi connectivity index (χ1) is 7.24. The zero-order valence-electron chi connectivity index (χ0n) is 9.53. The monoisotopic (exact) mass is 205 g/mol. The Kier molecular flexibility index (Phi) is 3.00. The molecule has 82 valence electrons. The average molecular weight is 205 g/mol. The van der Waals surface area contributed by atoms with E-state index in [1.54, 1.807) is 0 Å². The zero-order valence-corrected chi connectivity index (χ0v) is 9.53. The van der Waals surface area contributed by atoms with E-state index in [0.717, 1.165) is 23.6 Å². The highest BCUT2D eigenvalue weighted by atomic mass is 14.9. The van der Waals surface area contributed by atoms with Gasteiger partial charge in [0.1, 0.15) is 5.82 Å². The molecule has 2 rings (SSSR count). The van der Waals surface area contributed by atoms with Crippen LogP contribution in [-0.2, 0) is 6.54 Å². The minimum Gasteiger partial charge on any atom is -0.325 e. The van der Waals surface area contributed by atoms with Gasteiger partial charge in [-0.1, -0.05) is 13.8 Å². The molecule has 2 N–H and O–H groups in total. The van der Waals surface area contributed by atoms with E-state index in [9.17, 15) is 0 Å². The minimum atomic E-state index is 0.510. The largest absolute Gasteiger partial charge is 0.325 e. The van der Waals surface area contributed by atoms with Crippen LogP contribution in [0.1, 0.15) is 62.2 Å². The van der Waals surface area contributed by atoms with Crippen molar-refractivity contribution in [3.8, 4) is 0 Å². The van der Waals surface area contributed by atoms with Crippen LogP contribution >= 0.6 is 0 Å². The van der Waals surface area contributed by atoms with Crippen molar-refractivity contribution in [3.63, 3.8) is 0 Å². The first-order valence-electron chi connectivity index (χ1n) is 5.82. The molecule has 0 amide bonds. The Morgan fingerprint density at radius 3 is 2.73 bits per heavy atom. The lowest BCUT2D eigenvalue weighted by molar-refractivity contribution is 0.686. The van der Waals surface area contributed by atoms with Crippen LogP contribution in [0, 0.1) is 0 Å². The molecule has 1 aliphatic carbocycles. The van der Waals surface area contributed by atoms with Gasteiger partial charge in [0.2, 0.25) is 0 Å². The Labute approximate surface area is 91.1 Å². The quantitative estimate of drug-likeness (QED) is 0.820. The second-order valence-corrected chi connectivity index (χ2v) is 4.43. The van der Waals surface area contributed by atoms with E-state index < -0.39 is 0 Å². The second kappa shape index (κ2) is 4.27. The summed E-state index contributed by atoms with van der Waals surface area (Å²) in [6.07, 6.45) is 3.60. The molecule has 0 radical (unpaired) electrons. The fourth-order valence-electron chi connectivity index (χ4n) is 1.63. The highest BCUT2D eigenvalue weighted by Gasteiger charge is 2.27. The van der Waals surface area contributed by atoms with Crippen molar-refractivity contribution in [2.75, 3.05) is 0 Å². The lowest BCUT2D eigenvalue weighted by atomic mass is 10.0. The fraction of sp³-hybridized carbons (Fsp3) is 0.667. The minimum absolute atomic E-state index is 0.510. The van der Waals surface area contributed by atoms with Crippen LogP contribution in [0.25, 0.3) is 0 Å². The van der Waals surface area contributed by atoms with Crippen LogP contribution in [0.5, 0.6) is 0 Å². The van der Waals surface area contributed by atoms with Gasteiger partial charge in [-0.2, -0.15) is 0 Å². The summed E-state index contributed by atoms with van der Waals surface area (Å²) in [7, 11) is 0. The van der Waals surface area contributed by atoms with Crippen molar-refractivity contribution in [2.45, 2.75) is 51.5 Å². The van der Waals surface area contributed by atoms with E-state index in [1.807, 2.05) is 0 Å². The molecule has 0 aromatic carbocycles. The Morgan fingerprint density at radius 2 is 2.20 bits per heavy atom. The number of nitrogens with zero attached hydrogens (tertiary/aromatic N) is 2. The molecule has 15 heavy (non-hydrogen) atoms. The molecule has 1 atom stereocenters. The van der Waals surface area contributed by atoms with E-state index in [2.05, 4.69) is 29.9 Å². The Balaban J connectivity index is 2.32. The number of hydrogen-bond acceptors (Lipinski definition) is 3. The van der Waals surface area contributed by atoms with Crippen molar-refractivity contribution < 1.29 is 0 Å². The zero-order chi connectivity index (χ0) is 10.8. The van der Waals surface area contributed by atoms with Crippen LogP contribution in [0.3, 0.4) is 0 Å². The molecule has 1 fully saturated rings. The van der Waals surface area contributed by atoms with Gasteiger partial charge < -0.3 is 5.73 Å². The molecule has 3 nitrogen and oxygen atoms in total. The molecule has 3 heteroatoms. The topological polar surface area (TPSA) is 51.8 Å². The summed E-state index contributed by atoms with van der Waals surface area (Å²) in [6.45, 7) is 4.91. The standard InChI is InChI=1S/C12H19N3/c1-3-8(2)11-6-10(7-13)14-12(15-11)9-4-5-9/h6,8-9H,3-5,7,13H2,1-2H3/t8-/m0/s1. The van der Waals surface area contributed by atoms with Gasteiger partial charge in [-0.25, -0.2) is 9.97 Å². The first kappa shape index (κ1) is 10.6. The molecule has 0 saturated heterocycles. The van der Waals surface area contributed by atoms with Crippen molar-refractivity contribution >= 4 is 0 Å². The SMILES string of the molecule is CC[C@H](C)c1cc(CN)nc(C2CC2)n1. The third kappa shape index (κ3) is 2.34. The van der Waals surface area contributed by atoms with Crippen molar-refractivity contribution in [3.05, 3.63) is 23.3 Å². The summed E-state index contributed by atoms with van der Waals surface area (Å²) in [5.41, 5.74) is 7.81. The van der Waals surface area contributed by atoms with Gasteiger partial charge in [-0.15, -0.1) is 0 Å². The normalized spacial score (nSPS) is 17.8. The molecular formula is C12H19N3. The molecule has 1 saturated carbocycles. The smallest absolute Gasteiger partial charge is 0.132 e. The Morgan fingerprint density at radius 1 is 1.47 bits per heavy atom. The second-order valence-electron chi connectivity index (χ2n) is 4.43. The van der Waals surface area contributed by atoms with Crippen molar-refractivity contribution in [1.29, 1.82) is 0 Å². The molecular weight excluding hydrogens is 186 g/mol. The van der Waals surface area contributed by atoms with E-state index in [1.165, 1.54) is 12.8 Å². The van der Waals surface area contributed by atoms with Crippen molar-refractivity contribution in [1.82, 2.24) is 9.97 Å². The summed E-state index contributed by atoms with van der Waals surface area (Å²) in [6, 6.07) is 2.06. The maximum Gasteiger partial charge on any atom is 0.132 e. The van der Waals surface area contributed by atoms with Gasteiger partial charge in [-0.05, 0) is 31.2 Å². The van der Waals surface area contributed by atoms with Crippen molar-refractivity contribution in [2.24, 2.45) is 5.73 Å². The van der Waals surface area contributed by atoms with Crippen LogP contribution in [0.4, 0.5) is 0 Å². The predicted molar refractivity (Wildman–Crippen MR) is 60.6 cm³/mol. The Hall–Kier alpha value is -0.960. The number of nitrogens with two attached hydrogens (primary N) is 1. The van der Waals surface area contributed by atoms with Gasteiger partial charge in [0.05, 0.1) is 5.69 Å². The van der Waals surface area contributed by atoms with E-state index in [-0.39, 0.29) is 0 Å². The molecule has 0 spiro atoms. The van der Waals surface area contributed by atoms with E-state index in [0.29, 0.717) is 18.4 Å². The summed E-state index contributed by atoms with van der Waals surface area (Å²) >= 11 is 0. The molecule has 1 aromatic heterocycles. The third-order valence-electron chi connectivity index (χ3n) is 3.09. The fourth-order valence-corrected chi connectivity index (χ4v) is 1.63. The van der Waals surface area contributed by atoms with Crippen LogP contribution < -0.4 is 5.73 Å². The molecule has 0 unspecified atom stereocenters. The van der Waals surface area contributed by atoms with Gasteiger partial charge in [0, 0.05) is 18.2 Å². The average Bonchev–Trinajstić information content (AvgIpc) is 3.11. The predicted octanol–water partition coefficient (Wildman–Crippen LogP) is 2.33. The molecule has 1 heterocycles. The number of rotatable bonds is 4. The van der Waals surface area contributed by atoms with Gasteiger partial charge in [0.25, 0.3) is 0 Å². The van der Waals surface area contributed by atoms with Gasteiger partial charge in [0.15, 0.2) is 0 Å². The lowest BCUT2D eigenvalue weighted by Gasteiger charge is -2.11. The summed E-state index contributed by atoms with van der Waals surface area (Å²) < 4.78 is 0. The third-order valence-corrected chi connectivity index (χ3v) is 3.09. The van der Waals surface area contributed by atoms with Gasteiger partial charge in [-0.3, -0.25) is 0 Å². The highest BCUT2D eigenvalue weighted by molar-refractivity contribution is 5.18. The maximum absolute atomic E-state index is 5.66. The molecule has 1 aromatic rings. The molecule has 0 aliphatic heterocycles. The lowest BCUT2D eigenvalue weighted by Crippen LogP contribution is -2.08.